The summed E-state index contributed by atoms with van der Waals surface area (Å²) in [6, 6.07) is 29.4. The first kappa shape index (κ1) is 45.7. The fourth-order valence-electron chi connectivity index (χ4n) is 6.87. The van der Waals surface area contributed by atoms with E-state index in [-0.39, 0.29) is 22.5 Å². The Kier molecular flexibility index (Phi) is 17.6. The van der Waals surface area contributed by atoms with Gasteiger partial charge in [0.1, 0.15) is 24.6 Å². The lowest BCUT2D eigenvalue weighted by atomic mass is 10.0. The first-order valence-corrected chi connectivity index (χ1v) is 25.1. The van der Waals surface area contributed by atoms with Crippen LogP contribution in [0.1, 0.15) is 79.2 Å². The van der Waals surface area contributed by atoms with Crippen LogP contribution in [0, 0.1) is 11.8 Å². The van der Waals surface area contributed by atoms with E-state index in [9.17, 15) is 0 Å². The maximum Gasteiger partial charge on any atom is 0.261 e. The molecule has 0 aliphatic carbocycles. The average Bonchev–Trinajstić information content (AvgIpc) is 3.18. The Labute approximate surface area is 340 Å². The summed E-state index contributed by atoms with van der Waals surface area (Å²) in [5, 5.41) is 2.38. The van der Waals surface area contributed by atoms with E-state index in [2.05, 4.69) is 134 Å². The normalized spacial score (nSPS) is 17.0. The maximum atomic E-state index is 7.21. The molecule has 3 aromatic rings. The molecule has 4 atom stereocenters. The fraction of sp³-hybridized carbons (Fsp3) is 0.532. The van der Waals surface area contributed by atoms with Gasteiger partial charge in [0, 0.05) is 26.2 Å². The van der Waals surface area contributed by atoms with Gasteiger partial charge in [-0.15, -0.1) is 6.58 Å². The summed E-state index contributed by atoms with van der Waals surface area (Å²) in [5.41, 5.74) is 1.03. The number of ether oxygens (including phenoxy) is 5. The maximum absolute atomic E-state index is 7.21. The SMILES string of the molecule is C=CC(OCc1ccc(OC)cc1)C(OCCCO[Si](c1ccccc1)(c1ccccc1)C(C)(C)C)C(CC#CCOC1CCCCO1)O[Si](C)(C)C(C)(C)C. The number of hydrogen-bond acceptors (Lipinski definition) is 7. The van der Waals surface area contributed by atoms with E-state index in [1.807, 2.05) is 30.3 Å². The molecule has 9 heteroatoms. The molecule has 0 spiro atoms. The van der Waals surface area contributed by atoms with Crippen molar-refractivity contribution in [1.82, 2.24) is 0 Å². The molecule has 1 fully saturated rings. The van der Waals surface area contributed by atoms with Crippen LogP contribution in [0.3, 0.4) is 0 Å². The van der Waals surface area contributed by atoms with E-state index in [0.717, 1.165) is 37.2 Å². The van der Waals surface area contributed by atoms with Gasteiger partial charge in [-0.25, -0.2) is 0 Å². The van der Waals surface area contributed by atoms with Crippen LogP contribution in [0.5, 0.6) is 5.75 Å². The third-order valence-electron chi connectivity index (χ3n) is 11.0. The van der Waals surface area contributed by atoms with Gasteiger partial charge in [0.15, 0.2) is 14.6 Å². The summed E-state index contributed by atoms with van der Waals surface area (Å²) in [6.45, 7) is 24.9. The molecule has 0 N–H and O–H groups in total. The second kappa shape index (κ2) is 21.6. The molecule has 3 aromatic carbocycles. The lowest BCUT2D eigenvalue weighted by molar-refractivity contribution is -0.154. The summed E-state index contributed by atoms with van der Waals surface area (Å²) in [7, 11) is -3.30. The summed E-state index contributed by atoms with van der Waals surface area (Å²) >= 11 is 0. The molecule has 0 bridgehead atoms. The Balaban J connectivity index is 1.58. The molecule has 0 amide bonds. The van der Waals surface area contributed by atoms with Crippen molar-refractivity contribution in [1.29, 1.82) is 0 Å². The monoisotopic (exact) mass is 800 g/mol. The van der Waals surface area contributed by atoms with E-state index in [4.69, 9.17) is 32.5 Å². The molecule has 0 aromatic heterocycles. The second-order valence-electron chi connectivity index (χ2n) is 17.1. The predicted octanol–water partition coefficient (Wildman–Crippen LogP) is 9.45. The summed E-state index contributed by atoms with van der Waals surface area (Å²) in [5.74, 6) is 7.43. The molecule has 306 valence electrons. The Bertz CT molecular complexity index is 1590. The van der Waals surface area contributed by atoms with Crippen LogP contribution >= 0.6 is 0 Å². The molecule has 1 saturated heterocycles. The van der Waals surface area contributed by atoms with Gasteiger partial charge in [-0.05, 0) is 76.9 Å². The zero-order valence-electron chi connectivity index (χ0n) is 35.6. The van der Waals surface area contributed by atoms with Crippen LogP contribution in [0.25, 0.3) is 0 Å². The van der Waals surface area contributed by atoms with E-state index in [1.165, 1.54) is 10.4 Å². The minimum Gasteiger partial charge on any atom is -0.497 e. The zero-order chi connectivity index (χ0) is 40.7. The Hall–Kier alpha value is -3.05. The highest BCUT2D eigenvalue weighted by atomic mass is 28.4. The first-order chi connectivity index (χ1) is 26.7. The van der Waals surface area contributed by atoms with Crippen molar-refractivity contribution in [3.63, 3.8) is 0 Å². The first-order valence-electron chi connectivity index (χ1n) is 20.3. The number of methoxy groups -OCH3 is 1. The smallest absolute Gasteiger partial charge is 0.261 e. The van der Waals surface area contributed by atoms with Gasteiger partial charge in [-0.3, -0.25) is 0 Å². The fourth-order valence-corrected chi connectivity index (χ4v) is 12.8. The van der Waals surface area contributed by atoms with Crippen molar-refractivity contribution in [2.75, 3.05) is 33.5 Å². The number of rotatable bonds is 20. The van der Waals surface area contributed by atoms with Crippen molar-refractivity contribution in [2.24, 2.45) is 0 Å². The van der Waals surface area contributed by atoms with Gasteiger partial charge in [0.05, 0.1) is 19.8 Å². The minimum atomic E-state index is -2.69. The third kappa shape index (κ3) is 12.7. The van der Waals surface area contributed by atoms with Crippen molar-refractivity contribution >= 4 is 27.0 Å². The largest absolute Gasteiger partial charge is 0.497 e. The molecular formula is C47H68O7Si2. The van der Waals surface area contributed by atoms with Gasteiger partial charge in [0.2, 0.25) is 0 Å². The van der Waals surface area contributed by atoms with Crippen molar-refractivity contribution < 1.29 is 32.5 Å². The van der Waals surface area contributed by atoms with Crippen LogP contribution < -0.4 is 15.1 Å². The van der Waals surface area contributed by atoms with Gasteiger partial charge in [-0.1, -0.05) is 132 Å². The lowest BCUT2D eigenvalue weighted by Crippen LogP contribution is -2.66. The molecule has 56 heavy (non-hydrogen) atoms. The van der Waals surface area contributed by atoms with Crippen LogP contribution in [0.4, 0.5) is 0 Å². The molecule has 0 saturated carbocycles. The van der Waals surface area contributed by atoms with E-state index in [1.54, 1.807) is 7.11 Å². The zero-order valence-corrected chi connectivity index (χ0v) is 37.6. The standard InChI is InChI=1S/C47H68O7Si2/c1-11-42(52-37-38-29-31-39(48-8)32-30-38)45(43(54-55(9,10)46(2,3)4)27-18-20-33-49-44-28-19-21-34-50-44)51-35-22-36-53-56(47(5,6)7,40-23-14-12-15-24-40)41-25-16-13-17-26-41/h11-17,23-26,29-32,42-45H,1,19,21-22,27-28,33-37H2,2-10H3. The average molecular weight is 801 g/mol. The number of benzene rings is 3. The second-order valence-corrected chi connectivity index (χ2v) is 26.2. The van der Waals surface area contributed by atoms with Gasteiger partial charge < -0.3 is 32.5 Å². The molecule has 0 radical (unpaired) electrons. The summed E-state index contributed by atoms with van der Waals surface area (Å²) in [4.78, 5) is 0. The number of hydrogen-bond donors (Lipinski definition) is 0. The van der Waals surface area contributed by atoms with Crippen LogP contribution in [0.15, 0.2) is 97.6 Å². The van der Waals surface area contributed by atoms with Crippen molar-refractivity contribution in [3.05, 3.63) is 103 Å². The highest BCUT2D eigenvalue weighted by molar-refractivity contribution is 6.99. The Morgan fingerprint density at radius 1 is 0.821 bits per heavy atom. The quantitative estimate of drug-likeness (QED) is 0.0489. The van der Waals surface area contributed by atoms with Gasteiger partial charge in [-0.2, -0.15) is 0 Å². The van der Waals surface area contributed by atoms with Crippen LogP contribution in [0.2, 0.25) is 23.2 Å². The van der Waals surface area contributed by atoms with Gasteiger partial charge in [0.25, 0.3) is 8.32 Å². The van der Waals surface area contributed by atoms with E-state index in [0.29, 0.717) is 39.3 Å². The molecule has 1 aliphatic heterocycles. The highest BCUT2D eigenvalue weighted by Gasteiger charge is 2.50. The third-order valence-corrected chi connectivity index (χ3v) is 20.6. The van der Waals surface area contributed by atoms with E-state index < -0.39 is 28.8 Å². The predicted molar refractivity (Wildman–Crippen MR) is 234 cm³/mol. The van der Waals surface area contributed by atoms with Crippen molar-refractivity contribution in [3.8, 4) is 17.6 Å². The Morgan fingerprint density at radius 2 is 1.46 bits per heavy atom. The molecule has 4 unspecified atom stereocenters. The summed E-state index contributed by atoms with van der Waals surface area (Å²) in [6.07, 6.45) is 4.60. The van der Waals surface area contributed by atoms with Crippen molar-refractivity contribution in [2.45, 2.75) is 128 Å². The molecule has 4 rings (SSSR count). The van der Waals surface area contributed by atoms with E-state index >= 15 is 0 Å². The molecule has 1 heterocycles. The topological polar surface area (TPSA) is 64.6 Å². The molecular weight excluding hydrogens is 733 g/mol. The van der Waals surface area contributed by atoms with Gasteiger partial charge >= 0.3 is 0 Å². The van der Waals surface area contributed by atoms with Crippen LogP contribution in [-0.4, -0.2) is 74.8 Å². The lowest BCUT2D eigenvalue weighted by Gasteiger charge is -2.43. The van der Waals surface area contributed by atoms with Crippen LogP contribution in [-0.2, 0) is 34.4 Å². The Morgan fingerprint density at radius 3 is 2.00 bits per heavy atom. The highest BCUT2D eigenvalue weighted by Crippen LogP contribution is 2.39. The minimum absolute atomic E-state index is 0.0259. The molecule has 7 nitrogen and oxygen atoms in total. The summed E-state index contributed by atoms with van der Waals surface area (Å²) < 4.78 is 45.0. The molecule has 1 aliphatic rings.